The quantitative estimate of drug-likeness (QED) is 0.515. The lowest BCUT2D eigenvalue weighted by atomic mass is 10.1. The first-order valence-corrected chi connectivity index (χ1v) is 10.1. The van der Waals surface area contributed by atoms with Gasteiger partial charge in [0.1, 0.15) is 10.8 Å². The van der Waals surface area contributed by atoms with Gasteiger partial charge in [-0.2, -0.15) is 14.7 Å². The highest BCUT2D eigenvalue weighted by Gasteiger charge is 2.18. The topological polar surface area (TPSA) is 71.6 Å². The van der Waals surface area contributed by atoms with E-state index in [1.165, 1.54) is 15.9 Å². The second-order valence-electron chi connectivity index (χ2n) is 7.38. The zero-order valence-corrected chi connectivity index (χ0v) is 16.9. The fourth-order valence-corrected chi connectivity index (χ4v) is 4.55. The second kappa shape index (κ2) is 6.39. The van der Waals surface area contributed by atoms with E-state index in [1.54, 1.807) is 6.07 Å². The number of hydrogen-bond donors (Lipinski definition) is 0. The van der Waals surface area contributed by atoms with E-state index >= 15 is 0 Å². The minimum Gasteiger partial charge on any atom is -0.354 e. The lowest BCUT2D eigenvalue weighted by Gasteiger charge is -2.32. The molecule has 1 aliphatic rings. The molecule has 4 aromatic rings. The number of nitrogens with zero attached hydrogens (tertiary/aromatic N) is 7. The third-order valence-electron chi connectivity index (χ3n) is 5.22. The highest BCUT2D eigenvalue weighted by Crippen LogP contribution is 2.29. The predicted molar refractivity (Wildman–Crippen MR) is 111 cm³/mol. The fraction of sp³-hybridized carbons (Fsp3) is 0.368. The van der Waals surface area contributed by atoms with E-state index in [0.717, 1.165) is 59.0 Å². The van der Waals surface area contributed by atoms with Crippen LogP contribution >= 0.6 is 11.3 Å². The molecule has 144 valence electrons. The average Bonchev–Trinajstić information content (AvgIpc) is 3.25. The summed E-state index contributed by atoms with van der Waals surface area (Å²) in [7, 11) is 4.03. The van der Waals surface area contributed by atoms with Crippen LogP contribution in [0.5, 0.6) is 0 Å². The average molecular weight is 395 g/mol. The Morgan fingerprint density at radius 2 is 1.82 bits per heavy atom. The summed E-state index contributed by atoms with van der Waals surface area (Å²) >= 11 is 1.44. The van der Waals surface area contributed by atoms with Crippen molar-refractivity contribution in [2.75, 3.05) is 38.1 Å². The van der Waals surface area contributed by atoms with Gasteiger partial charge in [0.25, 0.3) is 5.56 Å². The Labute approximate surface area is 165 Å². The van der Waals surface area contributed by atoms with Gasteiger partial charge in [0.2, 0.25) is 4.96 Å². The molecule has 5 rings (SSSR count). The van der Waals surface area contributed by atoms with Crippen LogP contribution < -0.4 is 10.5 Å². The lowest BCUT2D eigenvalue weighted by Crippen LogP contribution is -2.45. The molecule has 0 atom stereocenters. The van der Waals surface area contributed by atoms with E-state index in [1.807, 2.05) is 24.9 Å². The SMILES string of the molecule is Cc1cc(-c2nn3c(=O)cc(N4CCN(C)CC4)nc3s2)cc2cn(C)nc12. The molecule has 3 aromatic heterocycles. The molecule has 0 saturated carbocycles. The minimum absolute atomic E-state index is 0.138. The van der Waals surface area contributed by atoms with Crippen LogP contribution in [-0.4, -0.2) is 62.5 Å². The molecule has 1 aliphatic heterocycles. The summed E-state index contributed by atoms with van der Waals surface area (Å²) < 4.78 is 3.22. The molecule has 0 amide bonds. The van der Waals surface area contributed by atoms with E-state index in [2.05, 4.69) is 39.2 Å². The number of fused-ring (bicyclic) bond motifs is 2. The van der Waals surface area contributed by atoms with Crippen molar-refractivity contribution in [1.82, 2.24) is 29.3 Å². The summed E-state index contributed by atoms with van der Waals surface area (Å²) in [6.45, 7) is 5.74. The molecule has 0 aliphatic carbocycles. The fourth-order valence-electron chi connectivity index (χ4n) is 3.67. The second-order valence-corrected chi connectivity index (χ2v) is 8.33. The number of hydrogen-bond acceptors (Lipinski definition) is 7. The Bertz CT molecular complexity index is 1250. The van der Waals surface area contributed by atoms with E-state index < -0.39 is 0 Å². The summed E-state index contributed by atoms with van der Waals surface area (Å²) in [5, 5.41) is 10.9. The maximum Gasteiger partial charge on any atom is 0.277 e. The third kappa shape index (κ3) is 2.87. The third-order valence-corrected chi connectivity index (χ3v) is 6.18. The molecular weight excluding hydrogens is 374 g/mol. The monoisotopic (exact) mass is 395 g/mol. The number of likely N-dealkylation sites (N-methyl/N-ethyl adjacent to an activating group) is 1. The highest BCUT2D eigenvalue weighted by molar-refractivity contribution is 7.19. The first-order valence-electron chi connectivity index (χ1n) is 9.27. The van der Waals surface area contributed by atoms with E-state index in [-0.39, 0.29) is 5.56 Å². The van der Waals surface area contributed by atoms with Crippen molar-refractivity contribution in [3.63, 3.8) is 0 Å². The first-order chi connectivity index (χ1) is 13.5. The van der Waals surface area contributed by atoms with Gasteiger partial charge in [-0.25, -0.2) is 4.98 Å². The molecule has 28 heavy (non-hydrogen) atoms. The van der Waals surface area contributed by atoms with Crippen LogP contribution in [0.25, 0.3) is 26.4 Å². The maximum atomic E-state index is 12.7. The molecule has 0 unspecified atom stereocenters. The normalized spacial score (nSPS) is 15.8. The van der Waals surface area contributed by atoms with E-state index in [0.29, 0.717) is 4.96 Å². The zero-order valence-electron chi connectivity index (χ0n) is 16.1. The molecule has 0 bridgehead atoms. The van der Waals surface area contributed by atoms with Crippen LogP contribution in [0, 0.1) is 6.92 Å². The summed E-state index contributed by atoms with van der Waals surface area (Å²) in [5.74, 6) is 0.743. The molecule has 1 aromatic carbocycles. The number of rotatable bonds is 2. The van der Waals surface area contributed by atoms with Crippen LogP contribution in [0.1, 0.15) is 5.56 Å². The molecular formula is C19H21N7OS. The van der Waals surface area contributed by atoms with Crippen LogP contribution in [0.15, 0.2) is 29.2 Å². The Morgan fingerprint density at radius 3 is 2.61 bits per heavy atom. The first kappa shape index (κ1) is 17.3. The van der Waals surface area contributed by atoms with Crippen molar-refractivity contribution in [3.8, 4) is 10.6 Å². The van der Waals surface area contributed by atoms with Gasteiger partial charge in [0.15, 0.2) is 0 Å². The number of piperazine rings is 1. The molecule has 0 N–H and O–H groups in total. The highest BCUT2D eigenvalue weighted by atomic mass is 32.1. The number of anilines is 1. The summed E-state index contributed by atoms with van der Waals surface area (Å²) in [4.78, 5) is 22.5. The van der Waals surface area contributed by atoms with Gasteiger partial charge in [-0.1, -0.05) is 11.3 Å². The molecule has 0 spiro atoms. The van der Waals surface area contributed by atoms with Crippen LogP contribution in [0.2, 0.25) is 0 Å². The summed E-state index contributed by atoms with van der Waals surface area (Å²) in [5.41, 5.74) is 2.92. The minimum atomic E-state index is -0.138. The van der Waals surface area contributed by atoms with Crippen molar-refractivity contribution in [3.05, 3.63) is 40.3 Å². The Balaban J connectivity index is 1.58. The van der Waals surface area contributed by atoms with Gasteiger partial charge in [0, 0.05) is 56.4 Å². The molecule has 0 radical (unpaired) electrons. The van der Waals surface area contributed by atoms with Gasteiger partial charge in [-0.15, -0.1) is 0 Å². The van der Waals surface area contributed by atoms with Gasteiger partial charge in [-0.05, 0) is 31.7 Å². The molecule has 4 heterocycles. The molecule has 1 fully saturated rings. The number of aromatic nitrogens is 5. The van der Waals surface area contributed by atoms with Crippen LogP contribution in [-0.2, 0) is 7.05 Å². The van der Waals surface area contributed by atoms with Crippen molar-refractivity contribution in [2.45, 2.75) is 6.92 Å². The standard InChI is InChI=1S/C19H21N7OS/c1-12-8-13(9-14-11-24(3)21-17(12)14)18-22-26-16(27)10-15(20-19(26)28-18)25-6-4-23(2)5-7-25/h8-11H,4-7H2,1-3H3. The van der Waals surface area contributed by atoms with Crippen LogP contribution in [0.3, 0.4) is 0 Å². The Morgan fingerprint density at radius 1 is 1.04 bits per heavy atom. The Kier molecular flexibility index (Phi) is 3.95. The van der Waals surface area contributed by atoms with Gasteiger partial charge < -0.3 is 9.80 Å². The van der Waals surface area contributed by atoms with Gasteiger partial charge >= 0.3 is 0 Å². The van der Waals surface area contributed by atoms with Gasteiger partial charge in [-0.3, -0.25) is 9.48 Å². The van der Waals surface area contributed by atoms with Crippen LogP contribution in [0.4, 0.5) is 5.82 Å². The number of aryl methyl sites for hydroxylation is 2. The van der Waals surface area contributed by atoms with E-state index in [9.17, 15) is 4.79 Å². The molecule has 1 saturated heterocycles. The predicted octanol–water partition coefficient (Wildman–Crippen LogP) is 1.76. The van der Waals surface area contributed by atoms with Crippen molar-refractivity contribution in [2.24, 2.45) is 7.05 Å². The largest absolute Gasteiger partial charge is 0.354 e. The molecule has 8 nitrogen and oxygen atoms in total. The summed E-state index contributed by atoms with van der Waals surface area (Å²) in [6.07, 6.45) is 2.00. The zero-order chi connectivity index (χ0) is 19.4. The molecule has 9 heteroatoms. The van der Waals surface area contributed by atoms with Crippen molar-refractivity contribution < 1.29 is 0 Å². The van der Waals surface area contributed by atoms with Crippen molar-refractivity contribution >= 4 is 33.0 Å². The summed E-state index contributed by atoms with van der Waals surface area (Å²) in [6, 6.07) is 5.73. The smallest absolute Gasteiger partial charge is 0.277 e. The number of benzene rings is 1. The van der Waals surface area contributed by atoms with E-state index in [4.69, 9.17) is 4.98 Å². The Hall–Kier alpha value is -2.78. The van der Waals surface area contributed by atoms with Crippen molar-refractivity contribution in [1.29, 1.82) is 0 Å². The van der Waals surface area contributed by atoms with Gasteiger partial charge in [0.05, 0.1) is 5.52 Å². The maximum absolute atomic E-state index is 12.7. The lowest BCUT2D eigenvalue weighted by molar-refractivity contribution is 0.312.